The van der Waals surface area contributed by atoms with Gasteiger partial charge in [0.05, 0.1) is 6.61 Å². The molecule has 0 amide bonds. The van der Waals surface area contributed by atoms with E-state index < -0.39 is 0 Å². The van der Waals surface area contributed by atoms with Gasteiger partial charge in [0.1, 0.15) is 5.88 Å². The Morgan fingerprint density at radius 1 is 1.00 bits per heavy atom. The molecule has 1 atom stereocenters. The van der Waals surface area contributed by atoms with Crippen LogP contribution in [-0.4, -0.2) is 18.5 Å². The number of carbonyl (C=O) groups excluding carboxylic acids is 1. The predicted octanol–water partition coefficient (Wildman–Crippen LogP) is 4.07. The highest BCUT2D eigenvalue weighted by molar-refractivity contribution is 6.26. The predicted molar refractivity (Wildman–Crippen MR) is 86.4 cm³/mol. The highest BCUT2D eigenvalue weighted by Crippen LogP contribution is 2.55. The van der Waals surface area contributed by atoms with E-state index >= 15 is 0 Å². The van der Waals surface area contributed by atoms with Crippen LogP contribution in [0.25, 0.3) is 0 Å². The number of carbonyl (C=O) groups is 1. The number of hydrogen-bond donors (Lipinski definition) is 0. The molecule has 112 valence electrons. The minimum atomic E-state index is -0.329. The summed E-state index contributed by atoms with van der Waals surface area (Å²) in [4.78, 5) is 11.4. The van der Waals surface area contributed by atoms with Crippen LogP contribution < -0.4 is 0 Å². The van der Waals surface area contributed by atoms with Gasteiger partial charge in [0.2, 0.25) is 0 Å². The molecule has 0 saturated carbocycles. The van der Waals surface area contributed by atoms with Gasteiger partial charge in [-0.15, -0.1) is 11.6 Å². The average Bonchev–Trinajstić information content (AvgIpc) is 2.59. The molecule has 5 rings (SSSR count). The lowest BCUT2D eigenvalue weighted by atomic mass is 9.59. The molecule has 3 aliphatic rings. The molecule has 3 aliphatic carbocycles. The number of hydrogen-bond acceptors (Lipinski definition) is 2. The molecule has 0 aromatic heterocycles. The van der Waals surface area contributed by atoms with E-state index in [2.05, 4.69) is 48.5 Å². The van der Waals surface area contributed by atoms with E-state index in [4.69, 9.17) is 16.3 Å². The molecule has 3 heteroatoms. The summed E-state index contributed by atoms with van der Waals surface area (Å²) in [5, 5.41) is 0. The molecule has 2 aromatic carbocycles. The third kappa shape index (κ3) is 2.05. The maximum absolute atomic E-state index is 11.4. The Morgan fingerprint density at radius 3 is 2.09 bits per heavy atom. The number of benzene rings is 2. The third-order valence-electron chi connectivity index (χ3n) is 4.99. The van der Waals surface area contributed by atoms with E-state index in [-0.39, 0.29) is 11.8 Å². The Morgan fingerprint density at radius 2 is 1.55 bits per heavy atom. The van der Waals surface area contributed by atoms with Crippen molar-refractivity contribution in [2.75, 3.05) is 12.5 Å². The summed E-state index contributed by atoms with van der Waals surface area (Å²) in [5.74, 6) is 0.665. The molecule has 0 aliphatic heterocycles. The van der Waals surface area contributed by atoms with E-state index in [0.29, 0.717) is 24.4 Å². The minimum absolute atomic E-state index is 0.0754. The minimum Gasteiger partial charge on any atom is -0.464 e. The third-order valence-corrected chi connectivity index (χ3v) is 5.21. The number of alkyl halides is 1. The summed E-state index contributed by atoms with van der Waals surface area (Å²) in [6, 6.07) is 17.4. The normalized spacial score (nSPS) is 24.5. The molecule has 0 saturated heterocycles. The van der Waals surface area contributed by atoms with E-state index in [9.17, 15) is 4.79 Å². The van der Waals surface area contributed by atoms with Crippen LogP contribution in [0.4, 0.5) is 0 Å². The van der Waals surface area contributed by atoms with Crippen molar-refractivity contribution < 1.29 is 9.53 Å². The van der Waals surface area contributed by atoms with E-state index in [1.165, 1.54) is 22.3 Å². The fraction of sp³-hybridized carbons (Fsp3) is 0.316. The molecular formula is C19H17ClO2. The van der Waals surface area contributed by atoms with Crippen LogP contribution in [0.15, 0.2) is 48.5 Å². The van der Waals surface area contributed by atoms with Gasteiger partial charge in [0.25, 0.3) is 0 Å². The van der Waals surface area contributed by atoms with Crippen molar-refractivity contribution in [3.63, 3.8) is 0 Å². The smallest absolute Gasteiger partial charge is 0.320 e. The van der Waals surface area contributed by atoms with Crippen LogP contribution in [0.3, 0.4) is 0 Å². The first-order valence-corrected chi connectivity index (χ1v) is 8.22. The fourth-order valence-corrected chi connectivity index (χ4v) is 4.24. The second kappa shape index (κ2) is 5.44. The van der Waals surface area contributed by atoms with Gasteiger partial charge >= 0.3 is 5.97 Å². The largest absolute Gasteiger partial charge is 0.464 e. The Labute approximate surface area is 135 Å². The molecular weight excluding hydrogens is 296 g/mol. The molecule has 0 N–H and O–H groups in total. The summed E-state index contributed by atoms with van der Waals surface area (Å²) in [6.07, 6.45) is 1.04. The maximum atomic E-state index is 11.4. The number of halogens is 1. The lowest BCUT2D eigenvalue weighted by Gasteiger charge is -2.45. The molecule has 22 heavy (non-hydrogen) atoms. The molecule has 0 heterocycles. The number of esters is 1. The summed E-state index contributed by atoms with van der Waals surface area (Å²) >= 11 is 5.54. The van der Waals surface area contributed by atoms with Crippen molar-refractivity contribution in [2.45, 2.75) is 18.3 Å². The Kier molecular flexibility index (Phi) is 3.42. The Balaban J connectivity index is 1.74. The zero-order valence-electron chi connectivity index (χ0n) is 12.2. The zero-order valence-corrected chi connectivity index (χ0v) is 12.9. The molecule has 0 fully saturated rings. The van der Waals surface area contributed by atoms with Gasteiger partial charge in [-0.1, -0.05) is 48.5 Å². The molecule has 2 nitrogen and oxygen atoms in total. The van der Waals surface area contributed by atoms with Crippen molar-refractivity contribution in [3.05, 3.63) is 70.8 Å². The zero-order chi connectivity index (χ0) is 15.1. The van der Waals surface area contributed by atoms with Gasteiger partial charge in [-0.05, 0) is 28.7 Å². The van der Waals surface area contributed by atoms with Gasteiger partial charge in [-0.2, -0.15) is 0 Å². The van der Waals surface area contributed by atoms with Gasteiger partial charge < -0.3 is 4.74 Å². The highest BCUT2D eigenvalue weighted by Gasteiger charge is 2.43. The van der Waals surface area contributed by atoms with Gasteiger partial charge in [-0.25, -0.2) is 0 Å². The van der Waals surface area contributed by atoms with E-state index in [0.717, 1.165) is 6.42 Å². The Bertz CT molecular complexity index is 677. The first kappa shape index (κ1) is 13.8. The summed E-state index contributed by atoms with van der Waals surface area (Å²) in [7, 11) is 0. The lowest BCUT2D eigenvalue weighted by Crippen LogP contribution is -2.35. The quantitative estimate of drug-likeness (QED) is 0.631. The monoisotopic (exact) mass is 312 g/mol. The summed E-state index contributed by atoms with van der Waals surface area (Å²) in [5.41, 5.74) is 5.66. The molecule has 0 radical (unpaired) electrons. The maximum Gasteiger partial charge on any atom is 0.320 e. The highest BCUT2D eigenvalue weighted by atomic mass is 35.5. The second-order valence-electron chi connectivity index (χ2n) is 6.10. The molecule has 0 spiro atoms. The van der Waals surface area contributed by atoms with Gasteiger partial charge in [0.15, 0.2) is 0 Å². The van der Waals surface area contributed by atoms with Crippen molar-refractivity contribution in [1.82, 2.24) is 0 Å². The van der Waals surface area contributed by atoms with Crippen LogP contribution in [0.2, 0.25) is 0 Å². The van der Waals surface area contributed by atoms with Gasteiger partial charge in [0, 0.05) is 17.8 Å². The average molecular weight is 313 g/mol. The van der Waals surface area contributed by atoms with E-state index in [1.807, 2.05) is 0 Å². The van der Waals surface area contributed by atoms with Gasteiger partial charge in [-0.3, -0.25) is 4.79 Å². The summed E-state index contributed by atoms with van der Waals surface area (Å²) < 4.78 is 5.34. The van der Waals surface area contributed by atoms with Crippen LogP contribution in [-0.2, 0) is 9.53 Å². The first-order valence-electron chi connectivity index (χ1n) is 7.69. The number of ether oxygens (including phenoxy) is 1. The second-order valence-corrected chi connectivity index (χ2v) is 6.37. The van der Waals surface area contributed by atoms with Crippen LogP contribution in [0.1, 0.15) is 40.5 Å². The SMILES string of the molecule is O=C(CCl)OCC1CC2c3ccccc3C1c1ccccc12. The molecule has 2 bridgehead atoms. The topological polar surface area (TPSA) is 26.3 Å². The Hall–Kier alpha value is -1.80. The first-order chi connectivity index (χ1) is 10.8. The van der Waals surface area contributed by atoms with Crippen molar-refractivity contribution in [1.29, 1.82) is 0 Å². The van der Waals surface area contributed by atoms with Crippen LogP contribution >= 0.6 is 11.6 Å². The van der Waals surface area contributed by atoms with Crippen LogP contribution in [0.5, 0.6) is 0 Å². The molecule has 1 unspecified atom stereocenters. The van der Waals surface area contributed by atoms with Crippen molar-refractivity contribution in [2.24, 2.45) is 5.92 Å². The number of rotatable bonds is 3. The number of fused-ring (bicyclic) bond motifs is 1. The standard InChI is InChI=1S/C19H17ClO2/c20-10-18(21)22-11-12-9-17-13-5-1-3-7-15(13)19(12)16-8-4-2-6-14(16)17/h1-8,12,17,19H,9-11H2. The molecule has 2 aromatic rings. The lowest BCUT2D eigenvalue weighted by molar-refractivity contribution is -0.142. The van der Waals surface area contributed by atoms with Crippen LogP contribution in [0, 0.1) is 5.92 Å². The van der Waals surface area contributed by atoms with Crippen molar-refractivity contribution >= 4 is 17.6 Å². The van der Waals surface area contributed by atoms with E-state index in [1.54, 1.807) is 0 Å². The summed E-state index contributed by atoms with van der Waals surface area (Å²) in [6.45, 7) is 0.454. The fourth-order valence-electron chi connectivity index (χ4n) is 4.16. The van der Waals surface area contributed by atoms with Crippen molar-refractivity contribution in [3.8, 4) is 0 Å².